The van der Waals surface area contributed by atoms with E-state index in [2.05, 4.69) is 15.2 Å². The van der Waals surface area contributed by atoms with Crippen molar-refractivity contribution >= 4 is 35.1 Å². The predicted octanol–water partition coefficient (Wildman–Crippen LogP) is 2.17. The van der Waals surface area contributed by atoms with Gasteiger partial charge < -0.3 is 29.6 Å². The molecule has 1 aromatic carbocycles. The first-order valence-electron chi connectivity index (χ1n) is 10.7. The lowest BCUT2D eigenvalue weighted by Gasteiger charge is -2.36. The second-order valence-corrected chi connectivity index (χ2v) is 8.22. The van der Waals surface area contributed by atoms with E-state index in [9.17, 15) is 14.4 Å². The number of carbonyl (C=O) groups is 3. The lowest BCUT2D eigenvalue weighted by Crippen LogP contribution is -2.51. The number of piperazine rings is 1. The number of anilines is 1. The largest absolute Gasteiger partial charge is 0.460 e. The number of halogens is 1. The predicted molar refractivity (Wildman–Crippen MR) is 125 cm³/mol. The summed E-state index contributed by atoms with van der Waals surface area (Å²) in [4.78, 5) is 44.4. The highest BCUT2D eigenvalue weighted by atomic mass is 35.5. The first-order chi connectivity index (χ1) is 15.8. The summed E-state index contributed by atoms with van der Waals surface area (Å²) in [6.45, 7) is 6.13. The molecular weight excluding hydrogens is 448 g/mol. The number of ether oxygens (including phenoxy) is 2. The van der Waals surface area contributed by atoms with Gasteiger partial charge in [-0.1, -0.05) is 17.7 Å². The van der Waals surface area contributed by atoms with E-state index in [1.807, 2.05) is 24.3 Å². The van der Waals surface area contributed by atoms with Crippen LogP contribution in [0.25, 0.3) is 0 Å². The van der Waals surface area contributed by atoms with Crippen molar-refractivity contribution in [2.75, 3.05) is 57.9 Å². The summed E-state index contributed by atoms with van der Waals surface area (Å²) in [7, 11) is 1.52. The van der Waals surface area contributed by atoms with Gasteiger partial charge in [-0.05, 0) is 37.6 Å². The monoisotopic (exact) mass is 476 g/mol. The number of rotatable bonds is 8. The van der Waals surface area contributed by atoms with Crippen molar-refractivity contribution < 1.29 is 23.9 Å². The van der Waals surface area contributed by atoms with E-state index < -0.39 is 11.9 Å². The summed E-state index contributed by atoms with van der Waals surface area (Å²) in [5, 5.41) is 3.33. The van der Waals surface area contributed by atoms with Crippen molar-refractivity contribution in [3.63, 3.8) is 0 Å². The molecule has 1 aliphatic heterocycles. The summed E-state index contributed by atoms with van der Waals surface area (Å²) >= 11 is 6.07. The number of hydrogen-bond acceptors (Lipinski definition) is 6. The van der Waals surface area contributed by atoms with Gasteiger partial charge in [-0.3, -0.25) is 9.59 Å². The highest BCUT2D eigenvalue weighted by Gasteiger charge is 2.25. The van der Waals surface area contributed by atoms with E-state index in [1.165, 1.54) is 7.11 Å². The van der Waals surface area contributed by atoms with E-state index in [1.54, 1.807) is 18.7 Å². The van der Waals surface area contributed by atoms with Crippen molar-refractivity contribution in [3.8, 4) is 0 Å². The molecule has 9 nitrogen and oxygen atoms in total. The van der Waals surface area contributed by atoms with Gasteiger partial charge in [0.15, 0.2) is 0 Å². The number of amides is 2. The van der Waals surface area contributed by atoms with Gasteiger partial charge in [-0.2, -0.15) is 0 Å². The van der Waals surface area contributed by atoms with Gasteiger partial charge in [0.2, 0.25) is 5.91 Å². The maximum absolute atomic E-state index is 12.7. The fraction of sp³-hybridized carbons (Fsp3) is 0.435. The average molecular weight is 477 g/mol. The van der Waals surface area contributed by atoms with Crippen LogP contribution < -0.4 is 10.2 Å². The molecule has 1 aliphatic rings. The van der Waals surface area contributed by atoms with Crippen molar-refractivity contribution in [2.24, 2.45) is 0 Å². The summed E-state index contributed by atoms with van der Waals surface area (Å²) < 4.78 is 10.0. The van der Waals surface area contributed by atoms with Crippen LogP contribution in [-0.4, -0.2) is 80.7 Å². The minimum absolute atomic E-state index is 0.124. The fourth-order valence-electron chi connectivity index (χ4n) is 3.82. The quantitative estimate of drug-likeness (QED) is 0.447. The Kier molecular flexibility index (Phi) is 8.35. The molecule has 0 saturated carbocycles. The number of nitrogens with one attached hydrogen (secondary N) is 2. The zero-order chi connectivity index (χ0) is 24.0. The van der Waals surface area contributed by atoms with Gasteiger partial charge in [0, 0.05) is 49.7 Å². The molecular formula is C23H29ClN4O5. The van der Waals surface area contributed by atoms with Crippen LogP contribution in [-0.2, 0) is 14.3 Å². The molecule has 1 fully saturated rings. The van der Waals surface area contributed by atoms with Crippen molar-refractivity contribution in [1.29, 1.82) is 0 Å². The summed E-state index contributed by atoms with van der Waals surface area (Å²) in [5.41, 5.74) is 2.60. The normalized spacial score (nSPS) is 13.7. The van der Waals surface area contributed by atoms with Crippen LogP contribution in [0.3, 0.4) is 0 Å². The third kappa shape index (κ3) is 6.06. The Morgan fingerprint density at radius 2 is 1.85 bits per heavy atom. The zero-order valence-corrected chi connectivity index (χ0v) is 19.8. The van der Waals surface area contributed by atoms with Crippen LogP contribution in [0.4, 0.5) is 5.69 Å². The number of esters is 1. The van der Waals surface area contributed by atoms with Gasteiger partial charge in [-0.15, -0.1) is 0 Å². The molecule has 178 valence electrons. The van der Waals surface area contributed by atoms with Crippen LogP contribution in [0.2, 0.25) is 5.02 Å². The Hall–Kier alpha value is -3.04. The molecule has 0 aliphatic carbocycles. The van der Waals surface area contributed by atoms with E-state index in [-0.39, 0.29) is 31.4 Å². The first kappa shape index (κ1) is 24.6. The Morgan fingerprint density at radius 3 is 2.52 bits per heavy atom. The van der Waals surface area contributed by atoms with E-state index in [0.717, 1.165) is 5.69 Å². The molecule has 10 heteroatoms. The number of benzene rings is 1. The van der Waals surface area contributed by atoms with Gasteiger partial charge in [-0.25, -0.2) is 4.79 Å². The minimum Gasteiger partial charge on any atom is -0.460 e. The third-order valence-corrected chi connectivity index (χ3v) is 5.83. The smallest absolute Gasteiger partial charge is 0.340 e. The van der Waals surface area contributed by atoms with Crippen LogP contribution in [0.5, 0.6) is 0 Å². The van der Waals surface area contributed by atoms with Crippen LogP contribution in [0, 0.1) is 13.8 Å². The number of hydrogen-bond donors (Lipinski definition) is 2. The highest BCUT2D eigenvalue weighted by Crippen LogP contribution is 2.21. The fourth-order valence-corrected chi connectivity index (χ4v) is 4.00. The summed E-state index contributed by atoms with van der Waals surface area (Å²) in [6, 6.07) is 7.63. The topological polar surface area (TPSA) is 104 Å². The molecule has 0 spiro atoms. The standard InChI is InChI=1S/C23H29ClN4O5/c1-15-20(23(31)33-12-11-32-3)16(2)26-21(15)22(30)25-14-19(29)28-9-7-27(8-10-28)18-6-4-5-17(24)13-18/h4-6,13,26H,7-12,14H2,1-3H3,(H,25,30). The lowest BCUT2D eigenvalue weighted by atomic mass is 10.1. The van der Waals surface area contributed by atoms with Crippen molar-refractivity contribution in [1.82, 2.24) is 15.2 Å². The Labute approximate surface area is 198 Å². The van der Waals surface area contributed by atoms with Crippen LogP contribution >= 0.6 is 11.6 Å². The van der Waals surface area contributed by atoms with Crippen molar-refractivity contribution in [2.45, 2.75) is 13.8 Å². The molecule has 2 aromatic rings. The number of aromatic nitrogens is 1. The molecule has 0 unspecified atom stereocenters. The molecule has 2 amide bonds. The molecule has 2 heterocycles. The Morgan fingerprint density at radius 1 is 1.12 bits per heavy atom. The lowest BCUT2D eigenvalue weighted by molar-refractivity contribution is -0.130. The SMILES string of the molecule is COCCOC(=O)c1c(C)[nH]c(C(=O)NCC(=O)N2CCN(c3cccc(Cl)c3)CC2)c1C. The Balaban J connectivity index is 1.52. The molecule has 3 rings (SSSR count). The number of nitrogens with zero attached hydrogens (tertiary/aromatic N) is 2. The molecule has 2 N–H and O–H groups in total. The van der Waals surface area contributed by atoms with Crippen LogP contribution in [0.1, 0.15) is 32.1 Å². The van der Waals surface area contributed by atoms with Crippen LogP contribution in [0.15, 0.2) is 24.3 Å². The van der Waals surface area contributed by atoms with Gasteiger partial charge in [0.25, 0.3) is 5.91 Å². The second-order valence-electron chi connectivity index (χ2n) is 7.78. The first-order valence-corrected chi connectivity index (χ1v) is 11.1. The van der Waals surface area contributed by atoms with Gasteiger partial charge in [0.1, 0.15) is 12.3 Å². The summed E-state index contributed by atoms with van der Waals surface area (Å²) in [5.74, 6) is -1.13. The second kappa shape index (κ2) is 11.2. The third-order valence-electron chi connectivity index (χ3n) is 5.60. The van der Waals surface area contributed by atoms with E-state index >= 15 is 0 Å². The average Bonchev–Trinajstić information content (AvgIpc) is 3.11. The number of aryl methyl sites for hydroxylation is 1. The number of aromatic amines is 1. The maximum atomic E-state index is 12.7. The summed E-state index contributed by atoms with van der Waals surface area (Å²) in [6.07, 6.45) is 0. The number of H-pyrrole nitrogens is 1. The number of methoxy groups -OCH3 is 1. The molecule has 0 radical (unpaired) electrons. The minimum atomic E-state index is -0.522. The number of carbonyl (C=O) groups excluding carboxylic acids is 3. The van der Waals surface area contributed by atoms with E-state index in [0.29, 0.717) is 48.0 Å². The highest BCUT2D eigenvalue weighted by molar-refractivity contribution is 6.30. The maximum Gasteiger partial charge on any atom is 0.340 e. The van der Waals surface area contributed by atoms with Crippen molar-refractivity contribution in [3.05, 3.63) is 51.8 Å². The molecule has 0 atom stereocenters. The molecule has 1 aromatic heterocycles. The molecule has 0 bridgehead atoms. The molecule has 1 saturated heterocycles. The zero-order valence-electron chi connectivity index (χ0n) is 19.1. The van der Waals surface area contributed by atoms with Gasteiger partial charge in [0.05, 0.1) is 18.7 Å². The Bertz CT molecular complexity index is 1010. The molecule has 33 heavy (non-hydrogen) atoms. The van der Waals surface area contributed by atoms with E-state index in [4.69, 9.17) is 21.1 Å². The van der Waals surface area contributed by atoms with Gasteiger partial charge >= 0.3 is 5.97 Å².